The van der Waals surface area contributed by atoms with Crippen molar-refractivity contribution in [1.29, 1.82) is 0 Å². The van der Waals surface area contributed by atoms with Crippen molar-refractivity contribution in [2.45, 2.75) is 37.9 Å². The van der Waals surface area contributed by atoms with Gasteiger partial charge >= 0.3 is 0 Å². The molecule has 1 aromatic rings. The summed E-state index contributed by atoms with van der Waals surface area (Å²) in [4.78, 5) is 4.85. The van der Waals surface area contributed by atoms with E-state index in [0.29, 0.717) is 12.1 Å². The van der Waals surface area contributed by atoms with Crippen molar-refractivity contribution in [3.63, 3.8) is 0 Å². The summed E-state index contributed by atoms with van der Waals surface area (Å²) < 4.78 is 5.20. The monoisotopic (exact) mass is 291 g/mol. The van der Waals surface area contributed by atoms with Crippen LogP contribution in [0.15, 0.2) is 24.3 Å². The number of methoxy groups -OCH3 is 1. The number of hydrogen-bond donors (Lipinski definition) is 1. The summed E-state index contributed by atoms with van der Waals surface area (Å²) in [5.41, 5.74) is 7.61. The van der Waals surface area contributed by atoms with Gasteiger partial charge in [-0.25, -0.2) is 0 Å². The number of hydrogen-bond acceptors (Lipinski definition) is 4. The summed E-state index contributed by atoms with van der Waals surface area (Å²) in [7, 11) is 6.09. The number of benzene rings is 1. The maximum absolute atomic E-state index is 6.44. The Kier molecular flexibility index (Phi) is 5.62. The number of rotatable bonds is 6. The molecule has 3 atom stereocenters. The molecule has 0 saturated carbocycles. The van der Waals surface area contributed by atoms with Crippen LogP contribution >= 0.6 is 0 Å². The van der Waals surface area contributed by atoms with Crippen LogP contribution in [0.2, 0.25) is 0 Å². The van der Waals surface area contributed by atoms with Crippen LogP contribution in [0.5, 0.6) is 5.75 Å². The number of nitrogens with two attached hydrogens (primary N) is 1. The molecule has 3 unspecified atom stereocenters. The Labute approximate surface area is 128 Å². The molecule has 4 nitrogen and oxygen atoms in total. The van der Waals surface area contributed by atoms with E-state index in [-0.39, 0.29) is 6.04 Å². The lowest BCUT2D eigenvalue weighted by Crippen LogP contribution is -2.44. The van der Waals surface area contributed by atoms with Gasteiger partial charge in [0.15, 0.2) is 0 Å². The zero-order valence-electron chi connectivity index (χ0n) is 13.7. The van der Waals surface area contributed by atoms with E-state index in [2.05, 4.69) is 43.0 Å². The lowest BCUT2D eigenvalue weighted by Gasteiger charge is -2.33. The highest BCUT2D eigenvalue weighted by atomic mass is 16.5. The summed E-state index contributed by atoms with van der Waals surface area (Å²) in [6.45, 7) is 4.52. The first kappa shape index (κ1) is 16.3. The third kappa shape index (κ3) is 3.96. The van der Waals surface area contributed by atoms with Gasteiger partial charge in [-0.05, 0) is 58.1 Å². The number of nitrogens with zero attached hydrogens (tertiary/aromatic N) is 2. The van der Waals surface area contributed by atoms with E-state index in [4.69, 9.17) is 10.5 Å². The van der Waals surface area contributed by atoms with E-state index in [1.807, 2.05) is 12.1 Å². The van der Waals surface area contributed by atoms with Crippen LogP contribution in [0.3, 0.4) is 0 Å². The second-order valence-electron chi connectivity index (χ2n) is 6.26. The smallest absolute Gasteiger partial charge is 0.118 e. The van der Waals surface area contributed by atoms with E-state index < -0.39 is 0 Å². The van der Waals surface area contributed by atoms with E-state index in [9.17, 15) is 0 Å². The number of ether oxygens (including phenoxy) is 1. The molecule has 4 heteroatoms. The van der Waals surface area contributed by atoms with Gasteiger partial charge in [-0.1, -0.05) is 12.1 Å². The molecular formula is C17H29N3O. The van der Waals surface area contributed by atoms with Crippen molar-refractivity contribution < 1.29 is 4.74 Å². The minimum absolute atomic E-state index is 0.0209. The Morgan fingerprint density at radius 2 is 2.05 bits per heavy atom. The van der Waals surface area contributed by atoms with E-state index in [1.165, 1.54) is 19.4 Å². The molecule has 21 heavy (non-hydrogen) atoms. The minimum atomic E-state index is 0.0209. The van der Waals surface area contributed by atoms with Crippen LogP contribution < -0.4 is 10.5 Å². The molecule has 2 N–H and O–H groups in total. The van der Waals surface area contributed by atoms with Gasteiger partial charge in [-0.3, -0.25) is 0 Å². The van der Waals surface area contributed by atoms with Gasteiger partial charge < -0.3 is 20.3 Å². The fourth-order valence-corrected chi connectivity index (χ4v) is 3.09. The molecule has 0 radical (unpaired) electrons. The van der Waals surface area contributed by atoms with Crippen LogP contribution in [0.4, 0.5) is 0 Å². The molecule has 1 aliphatic rings. The molecule has 1 fully saturated rings. The standard InChI is InChI=1S/C17H29N3O/c1-13(20(3)12-15-6-5-11-19(15)2)17(18)14-7-9-16(21-4)10-8-14/h7-10,13,15,17H,5-6,11-12,18H2,1-4H3. The number of likely N-dealkylation sites (N-methyl/N-ethyl adjacent to an activating group) is 2. The normalized spacial score (nSPS) is 22.5. The van der Waals surface area contributed by atoms with Crippen molar-refractivity contribution in [1.82, 2.24) is 9.80 Å². The summed E-state index contributed by atoms with van der Waals surface area (Å²) in [5, 5.41) is 0. The van der Waals surface area contributed by atoms with Crippen LogP contribution in [-0.4, -0.2) is 56.2 Å². The molecule has 0 aliphatic carbocycles. The Morgan fingerprint density at radius 1 is 1.38 bits per heavy atom. The van der Waals surface area contributed by atoms with Crippen molar-refractivity contribution in [2.75, 3.05) is 34.3 Å². The summed E-state index contributed by atoms with van der Waals surface area (Å²) in [6, 6.07) is 9.09. The minimum Gasteiger partial charge on any atom is -0.497 e. The van der Waals surface area contributed by atoms with Crippen molar-refractivity contribution in [3.8, 4) is 5.75 Å². The van der Waals surface area contributed by atoms with E-state index in [0.717, 1.165) is 17.9 Å². The second kappa shape index (κ2) is 7.25. The average Bonchev–Trinajstić information content (AvgIpc) is 2.91. The maximum atomic E-state index is 6.44. The molecule has 1 heterocycles. The van der Waals surface area contributed by atoms with Crippen molar-refractivity contribution in [3.05, 3.63) is 29.8 Å². The highest BCUT2D eigenvalue weighted by Gasteiger charge is 2.26. The molecule has 0 spiro atoms. The Morgan fingerprint density at radius 3 is 2.57 bits per heavy atom. The van der Waals surface area contributed by atoms with Gasteiger partial charge in [0.1, 0.15) is 5.75 Å². The fourth-order valence-electron chi connectivity index (χ4n) is 3.09. The van der Waals surface area contributed by atoms with Crippen LogP contribution in [-0.2, 0) is 0 Å². The van der Waals surface area contributed by atoms with Crippen LogP contribution in [0.25, 0.3) is 0 Å². The molecule has 118 valence electrons. The number of likely N-dealkylation sites (tertiary alicyclic amines) is 1. The lowest BCUT2D eigenvalue weighted by atomic mass is 10.00. The van der Waals surface area contributed by atoms with Crippen LogP contribution in [0.1, 0.15) is 31.4 Å². The summed E-state index contributed by atoms with van der Waals surface area (Å²) in [6.07, 6.45) is 2.61. The molecule has 0 amide bonds. The van der Waals surface area contributed by atoms with Crippen LogP contribution in [0, 0.1) is 0 Å². The largest absolute Gasteiger partial charge is 0.497 e. The molecule has 2 rings (SSSR count). The molecule has 0 bridgehead atoms. The topological polar surface area (TPSA) is 41.7 Å². The highest BCUT2D eigenvalue weighted by molar-refractivity contribution is 5.29. The predicted octanol–water partition coefficient (Wildman–Crippen LogP) is 2.11. The average molecular weight is 291 g/mol. The zero-order valence-corrected chi connectivity index (χ0v) is 13.7. The van der Waals surface area contributed by atoms with Gasteiger partial charge in [0, 0.05) is 24.7 Å². The third-order valence-electron chi connectivity index (χ3n) is 4.89. The fraction of sp³-hybridized carbons (Fsp3) is 0.647. The third-order valence-corrected chi connectivity index (χ3v) is 4.89. The Bertz CT molecular complexity index is 434. The molecule has 0 aromatic heterocycles. The molecular weight excluding hydrogens is 262 g/mol. The summed E-state index contributed by atoms with van der Waals surface area (Å²) in [5.74, 6) is 0.875. The van der Waals surface area contributed by atoms with Gasteiger partial charge in [0.05, 0.1) is 7.11 Å². The van der Waals surface area contributed by atoms with E-state index >= 15 is 0 Å². The molecule has 1 saturated heterocycles. The quantitative estimate of drug-likeness (QED) is 0.871. The highest BCUT2D eigenvalue weighted by Crippen LogP contribution is 2.22. The maximum Gasteiger partial charge on any atom is 0.118 e. The van der Waals surface area contributed by atoms with Gasteiger partial charge in [-0.2, -0.15) is 0 Å². The molecule has 1 aliphatic heterocycles. The van der Waals surface area contributed by atoms with E-state index in [1.54, 1.807) is 7.11 Å². The SMILES string of the molecule is COc1ccc(C(N)C(C)N(C)CC2CCCN2C)cc1. The summed E-state index contributed by atoms with van der Waals surface area (Å²) >= 11 is 0. The first-order valence-corrected chi connectivity index (χ1v) is 7.83. The molecule has 1 aromatic carbocycles. The lowest BCUT2D eigenvalue weighted by molar-refractivity contribution is 0.168. The van der Waals surface area contributed by atoms with Gasteiger partial charge in [0.2, 0.25) is 0 Å². The second-order valence-corrected chi connectivity index (χ2v) is 6.26. The van der Waals surface area contributed by atoms with Crippen molar-refractivity contribution in [2.24, 2.45) is 5.73 Å². The first-order chi connectivity index (χ1) is 10.0. The Balaban J connectivity index is 1.95. The first-order valence-electron chi connectivity index (χ1n) is 7.83. The van der Waals surface area contributed by atoms with Gasteiger partial charge in [0.25, 0.3) is 0 Å². The van der Waals surface area contributed by atoms with Crippen molar-refractivity contribution >= 4 is 0 Å². The zero-order chi connectivity index (χ0) is 15.4. The predicted molar refractivity (Wildman–Crippen MR) is 87.7 cm³/mol. The van der Waals surface area contributed by atoms with Gasteiger partial charge in [-0.15, -0.1) is 0 Å². The Hall–Kier alpha value is -1.10.